The van der Waals surface area contributed by atoms with E-state index in [0.717, 1.165) is 25.3 Å². The number of carbonyl (C=O) groups excluding carboxylic acids is 1. The summed E-state index contributed by atoms with van der Waals surface area (Å²) in [5, 5.41) is 11.0. The van der Waals surface area contributed by atoms with Crippen molar-refractivity contribution in [1.82, 2.24) is 0 Å². The van der Waals surface area contributed by atoms with E-state index >= 15 is 0 Å². The highest BCUT2D eigenvalue weighted by Crippen LogP contribution is 2.29. The average molecular weight is 343 g/mol. The Hall–Kier alpha value is -3.55. The first-order valence-corrected chi connectivity index (χ1v) is 7.02. The van der Waals surface area contributed by atoms with Gasteiger partial charge in [0.1, 0.15) is 11.4 Å². The van der Waals surface area contributed by atoms with Crippen molar-refractivity contribution < 1.29 is 23.3 Å². The van der Waals surface area contributed by atoms with Gasteiger partial charge in [-0.1, -0.05) is 12.1 Å². The van der Waals surface area contributed by atoms with Crippen LogP contribution in [0, 0.1) is 15.9 Å². The van der Waals surface area contributed by atoms with E-state index < -0.39 is 27.7 Å². The van der Waals surface area contributed by atoms with Gasteiger partial charge in [-0.3, -0.25) is 14.9 Å². The fraction of sp³-hybridized carbons (Fsp3) is 0.0588. The number of hydrogen-bond donors (Lipinski definition) is 0. The van der Waals surface area contributed by atoms with Gasteiger partial charge >= 0.3 is 5.97 Å². The first kappa shape index (κ1) is 16.3. The monoisotopic (exact) mass is 343 g/mol. The zero-order valence-corrected chi connectivity index (χ0v) is 12.8. The van der Waals surface area contributed by atoms with Gasteiger partial charge in [0.2, 0.25) is 5.43 Å². The van der Waals surface area contributed by atoms with Gasteiger partial charge in [0.15, 0.2) is 11.3 Å². The molecular formula is C17H10FNO6. The van der Waals surface area contributed by atoms with Crippen LogP contribution in [0.25, 0.3) is 22.3 Å². The Morgan fingerprint density at radius 2 is 2.00 bits per heavy atom. The smallest absolute Gasteiger partial charge is 0.345 e. The molecular weight excluding hydrogens is 333 g/mol. The highest BCUT2D eigenvalue weighted by molar-refractivity contribution is 5.99. The minimum Gasteiger partial charge on any atom is -0.465 e. The van der Waals surface area contributed by atoms with Crippen LogP contribution in [0.15, 0.2) is 51.7 Å². The van der Waals surface area contributed by atoms with Gasteiger partial charge in [0.05, 0.1) is 17.4 Å². The summed E-state index contributed by atoms with van der Waals surface area (Å²) in [6.45, 7) is 0. The fourth-order valence-corrected chi connectivity index (χ4v) is 2.42. The molecule has 1 heterocycles. The number of ether oxygens (including phenoxy) is 1. The number of hydrogen-bond acceptors (Lipinski definition) is 6. The number of fused-ring (bicyclic) bond motifs is 1. The molecule has 0 saturated carbocycles. The number of non-ortho nitro benzene ring substituents is 1. The molecule has 0 aliphatic rings. The number of carbonyl (C=O) groups is 1. The van der Waals surface area contributed by atoms with Crippen LogP contribution in [-0.4, -0.2) is 18.0 Å². The van der Waals surface area contributed by atoms with Gasteiger partial charge in [-0.05, 0) is 12.1 Å². The normalized spacial score (nSPS) is 10.6. The molecule has 3 aromatic rings. The van der Waals surface area contributed by atoms with Crippen molar-refractivity contribution in [2.45, 2.75) is 0 Å². The number of benzene rings is 2. The van der Waals surface area contributed by atoms with Gasteiger partial charge in [-0.2, -0.15) is 0 Å². The maximum Gasteiger partial charge on any atom is 0.345 e. The minimum absolute atomic E-state index is 0.00372. The molecule has 0 spiro atoms. The topological polar surface area (TPSA) is 99.7 Å². The predicted molar refractivity (Wildman–Crippen MR) is 85.9 cm³/mol. The van der Waals surface area contributed by atoms with E-state index in [1.165, 1.54) is 24.3 Å². The second-order valence-corrected chi connectivity index (χ2v) is 5.07. The molecule has 0 aliphatic carbocycles. The summed E-state index contributed by atoms with van der Waals surface area (Å²) in [4.78, 5) is 35.0. The third-order valence-electron chi connectivity index (χ3n) is 3.56. The van der Waals surface area contributed by atoms with Crippen LogP contribution in [0.2, 0.25) is 0 Å². The lowest BCUT2D eigenvalue weighted by Crippen LogP contribution is -2.18. The Labute approximate surface area is 139 Å². The van der Waals surface area contributed by atoms with E-state index in [1.54, 1.807) is 0 Å². The summed E-state index contributed by atoms with van der Waals surface area (Å²) in [7, 11) is 1.09. The lowest BCUT2D eigenvalue weighted by molar-refractivity contribution is -0.384. The molecule has 7 nitrogen and oxygen atoms in total. The third-order valence-corrected chi connectivity index (χ3v) is 3.56. The van der Waals surface area contributed by atoms with Crippen LogP contribution in [0.5, 0.6) is 0 Å². The molecule has 126 valence electrons. The molecule has 2 aromatic carbocycles. The van der Waals surface area contributed by atoms with E-state index in [0.29, 0.717) is 0 Å². The summed E-state index contributed by atoms with van der Waals surface area (Å²) >= 11 is 0. The summed E-state index contributed by atoms with van der Waals surface area (Å²) < 4.78 is 23.6. The van der Waals surface area contributed by atoms with Gasteiger partial charge < -0.3 is 9.15 Å². The van der Waals surface area contributed by atoms with Crippen LogP contribution in [0.1, 0.15) is 10.4 Å². The SMILES string of the molecule is COC(=O)c1c(-c2cccc([N+](=O)[O-])c2)oc2cc(F)ccc2c1=O. The first-order valence-electron chi connectivity index (χ1n) is 7.02. The molecule has 0 atom stereocenters. The van der Waals surface area contributed by atoms with Crippen molar-refractivity contribution >= 4 is 22.6 Å². The lowest BCUT2D eigenvalue weighted by atomic mass is 10.0. The van der Waals surface area contributed by atoms with Crippen LogP contribution in [0.3, 0.4) is 0 Å². The highest BCUT2D eigenvalue weighted by Gasteiger charge is 2.24. The number of halogens is 1. The molecule has 0 N–H and O–H groups in total. The number of rotatable bonds is 3. The largest absolute Gasteiger partial charge is 0.465 e. The molecule has 0 amide bonds. The summed E-state index contributed by atoms with van der Waals surface area (Å²) in [5.41, 5.74) is -1.34. The van der Waals surface area contributed by atoms with Crippen molar-refractivity contribution in [1.29, 1.82) is 0 Å². The van der Waals surface area contributed by atoms with Crippen LogP contribution >= 0.6 is 0 Å². The first-order chi connectivity index (χ1) is 11.9. The summed E-state index contributed by atoms with van der Waals surface area (Å²) in [6.07, 6.45) is 0. The van der Waals surface area contributed by atoms with Crippen LogP contribution in [0.4, 0.5) is 10.1 Å². The van der Waals surface area contributed by atoms with Crippen LogP contribution < -0.4 is 5.43 Å². The fourth-order valence-electron chi connectivity index (χ4n) is 2.42. The van der Waals surface area contributed by atoms with Gasteiger partial charge in [0, 0.05) is 23.8 Å². The molecule has 25 heavy (non-hydrogen) atoms. The van der Waals surface area contributed by atoms with Gasteiger partial charge in [-0.15, -0.1) is 0 Å². The Kier molecular flexibility index (Phi) is 4.02. The molecule has 0 bridgehead atoms. The maximum atomic E-state index is 13.5. The Morgan fingerprint density at radius 3 is 2.68 bits per heavy atom. The third kappa shape index (κ3) is 2.85. The maximum absolute atomic E-state index is 13.5. The van der Waals surface area contributed by atoms with Crippen LogP contribution in [-0.2, 0) is 4.74 Å². The van der Waals surface area contributed by atoms with E-state index in [-0.39, 0.29) is 28.0 Å². The van der Waals surface area contributed by atoms with Crippen molar-refractivity contribution in [3.63, 3.8) is 0 Å². The number of nitrogens with zero attached hydrogens (tertiary/aromatic N) is 1. The summed E-state index contributed by atoms with van der Waals surface area (Å²) in [6, 6.07) is 8.47. The quantitative estimate of drug-likeness (QED) is 0.411. The predicted octanol–water partition coefficient (Wildman–Crippen LogP) is 3.29. The number of esters is 1. The summed E-state index contributed by atoms with van der Waals surface area (Å²) in [5.74, 6) is -1.81. The van der Waals surface area contributed by atoms with Crippen molar-refractivity contribution in [2.75, 3.05) is 7.11 Å². The Bertz CT molecular complexity index is 1070. The zero-order valence-electron chi connectivity index (χ0n) is 12.8. The molecule has 1 aromatic heterocycles. The molecule has 8 heteroatoms. The van der Waals surface area contributed by atoms with Crippen molar-refractivity contribution in [3.8, 4) is 11.3 Å². The van der Waals surface area contributed by atoms with Gasteiger partial charge in [0.25, 0.3) is 5.69 Å². The minimum atomic E-state index is -0.957. The molecule has 0 fully saturated rings. The Balaban J connectivity index is 2.40. The molecule has 3 rings (SSSR count). The van der Waals surface area contributed by atoms with Crippen molar-refractivity contribution in [2.24, 2.45) is 0 Å². The number of nitro groups is 1. The zero-order chi connectivity index (χ0) is 18.1. The van der Waals surface area contributed by atoms with E-state index in [4.69, 9.17) is 4.42 Å². The second-order valence-electron chi connectivity index (χ2n) is 5.07. The molecule has 0 unspecified atom stereocenters. The standard InChI is InChI=1S/C17H10FNO6/c1-24-17(21)14-15(20)12-6-5-10(18)8-13(12)25-16(14)9-3-2-4-11(7-9)19(22)23/h2-8H,1H3. The molecule has 0 saturated heterocycles. The number of methoxy groups -OCH3 is 1. The average Bonchev–Trinajstić information content (AvgIpc) is 2.60. The number of nitro benzene ring substituents is 1. The van der Waals surface area contributed by atoms with E-state index in [2.05, 4.69) is 4.74 Å². The van der Waals surface area contributed by atoms with E-state index in [9.17, 15) is 24.1 Å². The molecule has 0 radical (unpaired) electrons. The molecule has 0 aliphatic heterocycles. The van der Waals surface area contributed by atoms with Crippen molar-refractivity contribution in [3.05, 3.63) is 74.2 Å². The highest BCUT2D eigenvalue weighted by atomic mass is 19.1. The van der Waals surface area contributed by atoms with Gasteiger partial charge in [-0.25, -0.2) is 9.18 Å². The second kappa shape index (κ2) is 6.16. The lowest BCUT2D eigenvalue weighted by Gasteiger charge is -2.09. The Morgan fingerprint density at radius 1 is 1.24 bits per heavy atom. The van der Waals surface area contributed by atoms with E-state index in [1.807, 2.05) is 0 Å².